The second-order valence-corrected chi connectivity index (χ2v) is 9.96. The van der Waals surface area contributed by atoms with Gasteiger partial charge in [0.25, 0.3) is 6.01 Å². The number of oxazole rings is 1. The van der Waals surface area contributed by atoms with Gasteiger partial charge in [0.1, 0.15) is 0 Å². The third-order valence-corrected chi connectivity index (χ3v) is 6.72. The highest BCUT2D eigenvalue weighted by atomic mass is 16.4. The highest BCUT2D eigenvalue weighted by Gasteiger charge is 2.24. The van der Waals surface area contributed by atoms with Crippen molar-refractivity contribution in [3.63, 3.8) is 0 Å². The van der Waals surface area contributed by atoms with Gasteiger partial charge >= 0.3 is 0 Å². The fraction of sp³-hybridized carbons (Fsp3) is 0.577. The van der Waals surface area contributed by atoms with Crippen LogP contribution < -0.4 is 10.2 Å². The van der Waals surface area contributed by atoms with Gasteiger partial charge in [0.15, 0.2) is 12.0 Å². The first-order valence-corrected chi connectivity index (χ1v) is 12.3. The molecule has 0 spiro atoms. The third-order valence-electron chi connectivity index (χ3n) is 6.72. The Bertz CT molecular complexity index is 1000. The van der Waals surface area contributed by atoms with Gasteiger partial charge in [-0.15, -0.1) is 0 Å². The van der Waals surface area contributed by atoms with Crippen molar-refractivity contribution in [3.05, 3.63) is 48.0 Å². The molecule has 1 saturated heterocycles. The van der Waals surface area contributed by atoms with Crippen LogP contribution in [0.25, 0.3) is 10.9 Å². The molecule has 0 radical (unpaired) electrons. The Morgan fingerprint density at radius 1 is 1.09 bits per heavy atom. The average molecular weight is 454 g/mol. The number of hydrogen-bond acceptors (Lipinski definition) is 6. The van der Waals surface area contributed by atoms with E-state index in [1.807, 2.05) is 6.07 Å². The van der Waals surface area contributed by atoms with Crippen molar-refractivity contribution in [2.45, 2.75) is 65.3 Å². The minimum absolute atomic E-state index is 0.129. The van der Waals surface area contributed by atoms with Crippen molar-refractivity contribution in [2.24, 2.45) is 5.92 Å². The Morgan fingerprint density at radius 2 is 1.85 bits per heavy atom. The molecule has 0 aliphatic carbocycles. The smallest absolute Gasteiger partial charge is 0.297 e. The zero-order valence-electron chi connectivity index (χ0n) is 20.4. The van der Waals surface area contributed by atoms with Crippen LogP contribution >= 0.6 is 0 Å². The lowest BCUT2D eigenvalue weighted by atomic mass is 9.97. The van der Waals surface area contributed by atoms with E-state index >= 15 is 0 Å². The predicted molar refractivity (Wildman–Crippen MR) is 133 cm³/mol. The van der Waals surface area contributed by atoms with E-state index < -0.39 is 6.23 Å². The van der Waals surface area contributed by atoms with E-state index in [9.17, 15) is 5.11 Å². The fourth-order valence-corrected chi connectivity index (χ4v) is 4.63. The number of piperazine rings is 1. The van der Waals surface area contributed by atoms with Gasteiger partial charge in [-0.1, -0.05) is 32.0 Å². The minimum Gasteiger partial charge on any atom is -0.424 e. The lowest BCUT2D eigenvalue weighted by molar-refractivity contribution is 0.0967. The van der Waals surface area contributed by atoms with Crippen molar-refractivity contribution < 1.29 is 9.52 Å². The molecule has 2 aromatic heterocycles. The van der Waals surface area contributed by atoms with E-state index in [-0.39, 0.29) is 6.04 Å². The van der Waals surface area contributed by atoms with Crippen molar-refractivity contribution in [1.29, 1.82) is 0 Å². The number of hydrogen-bond donors (Lipinski definition) is 3. The Morgan fingerprint density at radius 3 is 2.58 bits per heavy atom. The van der Waals surface area contributed by atoms with E-state index in [2.05, 4.69) is 77.2 Å². The molecule has 1 aliphatic rings. The number of nitrogens with zero attached hydrogens (tertiary/aromatic N) is 3. The van der Waals surface area contributed by atoms with Crippen LogP contribution in [0.4, 0.5) is 6.01 Å². The monoisotopic (exact) mass is 453 g/mol. The molecule has 7 nitrogen and oxygen atoms in total. The molecule has 180 valence electrons. The molecule has 33 heavy (non-hydrogen) atoms. The molecule has 1 fully saturated rings. The summed E-state index contributed by atoms with van der Waals surface area (Å²) in [4.78, 5) is 12.5. The standard InChI is InChI=1S/C26H39N5O2/c1-18(2)9-10-21(15-20-16-27-23-8-6-5-7-22(20)23)29-25(32)24-17-28-26(33-24)31-13-11-30(12-14-31)19(3)4/h5-8,16-19,21,25,27,29,32H,9-15H2,1-4H3. The number of H-pyrrole nitrogens is 1. The van der Waals surface area contributed by atoms with Crippen LogP contribution in [0.2, 0.25) is 0 Å². The first-order chi connectivity index (χ1) is 15.9. The molecule has 1 aromatic carbocycles. The number of fused-ring (bicyclic) bond motifs is 1. The molecule has 2 unspecified atom stereocenters. The molecular formula is C26H39N5O2. The normalized spacial score (nSPS) is 17.4. The Kier molecular flexibility index (Phi) is 7.73. The van der Waals surface area contributed by atoms with E-state index in [0.717, 1.165) is 51.0 Å². The zero-order valence-corrected chi connectivity index (χ0v) is 20.4. The number of aliphatic hydroxyl groups excluding tert-OH is 1. The van der Waals surface area contributed by atoms with Crippen molar-refractivity contribution in [3.8, 4) is 0 Å². The summed E-state index contributed by atoms with van der Waals surface area (Å²) in [5, 5.41) is 15.6. The number of benzene rings is 1. The number of nitrogens with one attached hydrogen (secondary N) is 2. The summed E-state index contributed by atoms with van der Waals surface area (Å²) in [6, 6.07) is 9.65. The Balaban J connectivity index is 1.41. The molecule has 0 bridgehead atoms. The maximum atomic E-state index is 10.9. The van der Waals surface area contributed by atoms with Gasteiger partial charge in [-0.3, -0.25) is 10.2 Å². The van der Waals surface area contributed by atoms with Gasteiger partial charge in [0.05, 0.1) is 6.20 Å². The molecule has 3 aromatic rings. The summed E-state index contributed by atoms with van der Waals surface area (Å²) in [5.74, 6) is 1.08. The summed E-state index contributed by atoms with van der Waals surface area (Å²) in [6.07, 6.45) is 5.77. The van der Waals surface area contributed by atoms with E-state index in [1.54, 1.807) is 6.20 Å². The van der Waals surface area contributed by atoms with E-state index in [4.69, 9.17) is 4.42 Å². The van der Waals surface area contributed by atoms with Crippen LogP contribution in [-0.2, 0) is 6.42 Å². The fourth-order valence-electron chi connectivity index (χ4n) is 4.63. The van der Waals surface area contributed by atoms with Crippen molar-refractivity contribution >= 4 is 16.9 Å². The topological polar surface area (TPSA) is 80.6 Å². The zero-order chi connectivity index (χ0) is 23.4. The van der Waals surface area contributed by atoms with Gasteiger partial charge in [0.2, 0.25) is 0 Å². The highest BCUT2D eigenvalue weighted by Crippen LogP contribution is 2.24. The van der Waals surface area contributed by atoms with E-state index in [1.165, 1.54) is 10.9 Å². The maximum absolute atomic E-state index is 10.9. The highest BCUT2D eigenvalue weighted by molar-refractivity contribution is 5.83. The second kappa shape index (κ2) is 10.7. The van der Waals surface area contributed by atoms with Crippen LogP contribution in [0.5, 0.6) is 0 Å². The molecule has 3 heterocycles. The summed E-state index contributed by atoms with van der Waals surface area (Å²) < 4.78 is 5.99. The SMILES string of the molecule is CC(C)CCC(Cc1c[nH]c2ccccc12)NC(O)c1cnc(N2CCN(C(C)C)CC2)o1. The summed E-state index contributed by atoms with van der Waals surface area (Å²) in [6.45, 7) is 12.7. The Hall–Kier alpha value is -2.35. The number of rotatable bonds is 10. The summed E-state index contributed by atoms with van der Waals surface area (Å²) >= 11 is 0. The second-order valence-electron chi connectivity index (χ2n) is 9.96. The first-order valence-electron chi connectivity index (χ1n) is 12.3. The quantitative estimate of drug-likeness (QED) is 0.397. The lowest BCUT2D eigenvalue weighted by Gasteiger charge is -2.36. The minimum atomic E-state index is -0.884. The third kappa shape index (κ3) is 5.96. The lowest BCUT2D eigenvalue weighted by Crippen LogP contribution is -2.49. The van der Waals surface area contributed by atoms with Crippen LogP contribution in [0, 0.1) is 5.92 Å². The maximum Gasteiger partial charge on any atom is 0.297 e. The van der Waals surface area contributed by atoms with Gasteiger partial charge in [-0.25, -0.2) is 4.98 Å². The Labute approximate surface area is 197 Å². The van der Waals surface area contributed by atoms with Crippen molar-refractivity contribution in [2.75, 3.05) is 31.1 Å². The van der Waals surface area contributed by atoms with Crippen molar-refractivity contribution in [1.82, 2.24) is 20.2 Å². The molecule has 1 aliphatic heterocycles. The predicted octanol–water partition coefficient (Wildman–Crippen LogP) is 4.31. The molecule has 0 amide bonds. The van der Waals surface area contributed by atoms with Crippen LogP contribution in [-0.4, -0.2) is 58.2 Å². The first kappa shape index (κ1) is 23.8. The largest absolute Gasteiger partial charge is 0.424 e. The van der Waals surface area contributed by atoms with Crippen LogP contribution in [0.3, 0.4) is 0 Å². The average Bonchev–Trinajstić information content (AvgIpc) is 3.45. The number of aromatic nitrogens is 2. The molecule has 0 saturated carbocycles. The van der Waals surface area contributed by atoms with Gasteiger partial charge in [-0.05, 0) is 50.7 Å². The molecule has 4 rings (SSSR count). The number of anilines is 1. The van der Waals surface area contributed by atoms with Gasteiger partial charge < -0.3 is 19.4 Å². The number of aliphatic hydroxyl groups is 1. The number of para-hydroxylation sites is 1. The molecule has 3 N–H and O–H groups in total. The van der Waals surface area contributed by atoms with Crippen LogP contribution in [0.1, 0.15) is 58.1 Å². The number of aromatic amines is 1. The summed E-state index contributed by atoms with van der Waals surface area (Å²) in [7, 11) is 0. The van der Waals surface area contributed by atoms with Crippen LogP contribution in [0.15, 0.2) is 41.1 Å². The van der Waals surface area contributed by atoms with Gasteiger partial charge in [0, 0.05) is 55.4 Å². The van der Waals surface area contributed by atoms with Gasteiger partial charge in [-0.2, -0.15) is 0 Å². The molecular weight excluding hydrogens is 414 g/mol. The summed E-state index contributed by atoms with van der Waals surface area (Å²) in [5.41, 5.74) is 2.41. The molecule has 7 heteroatoms. The van der Waals surface area contributed by atoms with E-state index in [0.29, 0.717) is 23.7 Å². The molecule has 2 atom stereocenters.